The molecule has 1 aromatic heterocycles. The highest BCUT2D eigenvalue weighted by atomic mass is 16.5. The number of carboxylic acids is 1. The zero-order valence-corrected chi connectivity index (χ0v) is 15.3. The number of amides is 1. The van der Waals surface area contributed by atoms with Crippen LogP contribution in [0.2, 0.25) is 0 Å². The molecule has 7 heteroatoms. The van der Waals surface area contributed by atoms with Gasteiger partial charge in [0.05, 0.1) is 19.8 Å². The Kier molecular flexibility index (Phi) is 5.29. The minimum atomic E-state index is -1.04. The molecule has 26 heavy (non-hydrogen) atoms. The summed E-state index contributed by atoms with van der Waals surface area (Å²) < 4.78 is 12.6. The van der Waals surface area contributed by atoms with E-state index >= 15 is 0 Å². The second kappa shape index (κ2) is 7.47. The van der Waals surface area contributed by atoms with Gasteiger partial charge in [-0.25, -0.2) is 4.79 Å². The summed E-state index contributed by atoms with van der Waals surface area (Å²) in [6.45, 7) is 6.18. The van der Waals surface area contributed by atoms with Crippen LogP contribution in [0.3, 0.4) is 0 Å². The lowest BCUT2D eigenvalue weighted by atomic mass is 10.1. The summed E-state index contributed by atoms with van der Waals surface area (Å²) in [4.78, 5) is 25.5. The van der Waals surface area contributed by atoms with E-state index in [1.54, 1.807) is 18.1 Å². The van der Waals surface area contributed by atoms with E-state index in [1.807, 2.05) is 19.1 Å². The minimum Gasteiger partial charge on any atom is -0.479 e. The van der Waals surface area contributed by atoms with E-state index < -0.39 is 12.1 Å². The van der Waals surface area contributed by atoms with Gasteiger partial charge in [0.2, 0.25) is 0 Å². The summed E-state index contributed by atoms with van der Waals surface area (Å²) in [5.41, 5.74) is 3.92. The van der Waals surface area contributed by atoms with Crippen LogP contribution in [0.15, 0.2) is 18.2 Å². The lowest BCUT2D eigenvalue weighted by Gasteiger charge is -2.31. The van der Waals surface area contributed by atoms with Crippen molar-refractivity contribution >= 4 is 22.8 Å². The number of carbonyl (C=O) groups is 2. The molecule has 1 amide bonds. The maximum absolute atomic E-state index is 12.8. The molecular formula is C19H24N2O5. The van der Waals surface area contributed by atoms with Crippen LogP contribution in [-0.2, 0) is 20.8 Å². The van der Waals surface area contributed by atoms with Crippen molar-refractivity contribution in [3.05, 3.63) is 35.0 Å². The largest absolute Gasteiger partial charge is 0.479 e. The molecule has 1 N–H and O–H groups in total. The Hall–Kier alpha value is -2.38. The Morgan fingerprint density at radius 3 is 2.81 bits per heavy atom. The Bertz CT molecular complexity index is 842. The van der Waals surface area contributed by atoms with Gasteiger partial charge in [0.25, 0.3) is 5.91 Å². The highest BCUT2D eigenvalue weighted by molar-refractivity contribution is 5.99. The van der Waals surface area contributed by atoms with Crippen LogP contribution in [0.25, 0.3) is 10.9 Å². The van der Waals surface area contributed by atoms with Crippen molar-refractivity contribution in [3.63, 3.8) is 0 Å². The lowest BCUT2D eigenvalue weighted by Crippen LogP contribution is -2.48. The van der Waals surface area contributed by atoms with Gasteiger partial charge < -0.3 is 24.0 Å². The average Bonchev–Trinajstić information content (AvgIpc) is 2.89. The second-order valence-corrected chi connectivity index (χ2v) is 6.54. The minimum absolute atomic E-state index is 0.0685. The maximum atomic E-state index is 12.8. The monoisotopic (exact) mass is 360 g/mol. The van der Waals surface area contributed by atoms with Crippen molar-refractivity contribution in [2.75, 3.05) is 33.4 Å². The first-order chi connectivity index (χ1) is 12.4. The molecular weight excluding hydrogens is 336 g/mol. The number of morpholine rings is 1. The first-order valence-corrected chi connectivity index (χ1v) is 8.66. The number of benzene rings is 1. The molecule has 0 radical (unpaired) electrons. The number of carboxylic acid groups (broad SMARTS) is 1. The van der Waals surface area contributed by atoms with Crippen LogP contribution in [-0.4, -0.2) is 66.0 Å². The first-order valence-electron chi connectivity index (χ1n) is 8.66. The molecule has 7 nitrogen and oxygen atoms in total. The summed E-state index contributed by atoms with van der Waals surface area (Å²) in [5, 5.41) is 10.1. The summed E-state index contributed by atoms with van der Waals surface area (Å²) in [6.07, 6.45) is -0.962. The van der Waals surface area contributed by atoms with Crippen LogP contribution >= 0.6 is 0 Å². The van der Waals surface area contributed by atoms with Gasteiger partial charge in [0, 0.05) is 42.4 Å². The van der Waals surface area contributed by atoms with Gasteiger partial charge >= 0.3 is 5.97 Å². The fraction of sp³-hybridized carbons (Fsp3) is 0.474. The Balaban J connectivity index is 1.90. The molecule has 1 saturated heterocycles. The number of aliphatic carboxylic acids is 1. The van der Waals surface area contributed by atoms with E-state index in [0.717, 1.165) is 28.7 Å². The van der Waals surface area contributed by atoms with Crippen molar-refractivity contribution in [3.8, 4) is 0 Å². The molecule has 0 unspecified atom stereocenters. The van der Waals surface area contributed by atoms with E-state index in [0.29, 0.717) is 18.7 Å². The number of carbonyl (C=O) groups excluding carboxylic acids is 1. The zero-order chi connectivity index (χ0) is 18.8. The van der Waals surface area contributed by atoms with Gasteiger partial charge in [0.15, 0.2) is 6.10 Å². The number of fused-ring (bicyclic) bond motifs is 1. The molecule has 3 rings (SSSR count). The van der Waals surface area contributed by atoms with Crippen molar-refractivity contribution < 1.29 is 24.2 Å². The topological polar surface area (TPSA) is 81.0 Å². The number of rotatable bonds is 5. The predicted molar refractivity (Wildman–Crippen MR) is 96.6 cm³/mol. The molecule has 2 aromatic rings. The van der Waals surface area contributed by atoms with Crippen molar-refractivity contribution in [2.45, 2.75) is 26.5 Å². The smallest absolute Gasteiger partial charge is 0.334 e. The van der Waals surface area contributed by atoms with Crippen molar-refractivity contribution in [2.24, 2.45) is 0 Å². The van der Waals surface area contributed by atoms with E-state index in [4.69, 9.17) is 14.6 Å². The Morgan fingerprint density at radius 1 is 1.35 bits per heavy atom. The number of aryl methyl sites for hydroxylation is 1. The van der Waals surface area contributed by atoms with Gasteiger partial charge in [-0.3, -0.25) is 4.79 Å². The Morgan fingerprint density at radius 2 is 2.12 bits per heavy atom. The van der Waals surface area contributed by atoms with Crippen LogP contribution in [0, 0.1) is 13.8 Å². The number of hydrogen-bond donors (Lipinski definition) is 1. The number of hydrogen-bond acceptors (Lipinski definition) is 4. The van der Waals surface area contributed by atoms with Crippen LogP contribution < -0.4 is 0 Å². The summed E-state index contributed by atoms with van der Waals surface area (Å²) in [6, 6.07) is 5.65. The molecule has 1 atom stereocenters. The second-order valence-electron chi connectivity index (χ2n) is 6.54. The summed E-state index contributed by atoms with van der Waals surface area (Å²) in [5.74, 6) is -1.21. The summed E-state index contributed by atoms with van der Waals surface area (Å²) >= 11 is 0. The van der Waals surface area contributed by atoms with Gasteiger partial charge in [-0.1, -0.05) is 0 Å². The third-order valence-corrected chi connectivity index (χ3v) is 5.03. The van der Waals surface area contributed by atoms with E-state index in [2.05, 4.69) is 11.5 Å². The third kappa shape index (κ3) is 3.32. The molecule has 1 fully saturated rings. The molecule has 1 aliphatic heterocycles. The van der Waals surface area contributed by atoms with Crippen LogP contribution in [0.1, 0.15) is 21.6 Å². The first kappa shape index (κ1) is 18.4. The fourth-order valence-corrected chi connectivity index (χ4v) is 3.42. The Labute approximate surface area is 152 Å². The standard InChI is InChI=1S/C19H24N2O5/c1-12-13(2)21(7-8-25-3)16-5-4-14(10-15(12)16)18(22)20-6-9-26-17(11-20)19(23)24/h4-5,10,17H,6-9,11H2,1-3H3,(H,23,24)/t17-/m0/s1. The molecule has 1 aliphatic rings. The molecule has 1 aromatic carbocycles. The van der Waals surface area contributed by atoms with Crippen molar-refractivity contribution in [1.29, 1.82) is 0 Å². The van der Waals surface area contributed by atoms with Crippen LogP contribution in [0.5, 0.6) is 0 Å². The number of methoxy groups -OCH3 is 1. The van der Waals surface area contributed by atoms with Crippen LogP contribution in [0.4, 0.5) is 0 Å². The molecule has 0 bridgehead atoms. The van der Waals surface area contributed by atoms with Crippen molar-refractivity contribution in [1.82, 2.24) is 9.47 Å². The molecule has 0 aliphatic carbocycles. The summed E-state index contributed by atoms with van der Waals surface area (Å²) in [7, 11) is 1.68. The highest BCUT2D eigenvalue weighted by Gasteiger charge is 2.29. The fourth-order valence-electron chi connectivity index (χ4n) is 3.42. The van der Waals surface area contributed by atoms with Gasteiger partial charge in [-0.05, 0) is 37.6 Å². The lowest BCUT2D eigenvalue weighted by molar-refractivity contribution is -0.154. The maximum Gasteiger partial charge on any atom is 0.334 e. The number of aromatic nitrogens is 1. The third-order valence-electron chi connectivity index (χ3n) is 5.03. The highest BCUT2D eigenvalue weighted by Crippen LogP contribution is 2.27. The molecule has 0 saturated carbocycles. The molecule has 2 heterocycles. The van der Waals surface area contributed by atoms with Gasteiger partial charge in [-0.15, -0.1) is 0 Å². The van der Waals surface area contributed by atoms with E-state index in [1.165, 1.54) is 0 Å². The molecule has 140 valence electrons. The quantitative estimate of drug-likeness (QED) is 0.880. The molecule has 0 spiro atoms. The SMILES string of the molecule is COCCn1c(C)c(C)c2cc(C(=O)N3CCO[C@H](C(=O)O)C3)ccc21. The van der Waals surface area contributed by atoms with Gasteiger partial charge in [-0.2, -0.15) is 0 Å². The van der Waals surface area contributed by atoms with E-state index in [9.17, 15) is 9.59 Å². The number of nitrogens with zero attached hydrogens (tertiary/aromatic N) is 2. The average molecular weight is 360 g/mol. The number of ether oxygens (including phenoxy) is 2. The normalized spacial score (nSPS) is 17.7. The van der Waals surface area contributed by atoms with E-state index in [-0.39, 0.29) is 19.1 Å². The van der Waals surface area contributed by atoms with Gasteiger partial charge in [0.1, 0.15) is 0 Å². The predicted octanol–water partition coefficient (Wildman–Crippen LogP) is 1.83. The zero-order valence-electron chi connectivity index (χ0n) is 15.3.